The first-order valence-electron chi connectivity index (χ1n) is 3.93. The zero-order chi connectivity index (χ0) is 7.11. The molecule has 0 heterocycles. The van der Waals surface area contributed by atoms with Crippen LogP contribution in [-0.2, 0) is 31.3 Å². The van der Waals surface area contributed by atoms with E-state index in [4.69, 9.17) is 0 Å². The van der Waals surface area contributed by atoms with Crippen molar-refractivity contribution in [3.8, 4) is 0 Å². The van der Waals surface area contributed by atoms with Gasteiger partial charge < -0.3 is 0 Å². The van der Waals surface area contributed by atoms with Gasteiger partial charge in [-0.25, -0.2) is 5.11 Å². The topological polar surface area (TPSA) is 19.9 Å². The van der Waals surface area contributed by atoms with Crippen LogP contribution >= 0.6 is 0 Å². The zero-order valence-corrected chi connectivity index (χ0v) is 9.48. The van der Waals surface area contributed by atoms with Gasteiger partial charge in [0.15, 0.2) is 0 Å². The van der Waals surface area contributed by atoms with E-state index in [2.05, 4.69) is 13.8 Å². The van der Waals surface area contributed by atoms with Crippen LogP contribution in [0.4, 0.5) is 0 Å². The molecule has 0 spiro atoms. The van der Waals surface area contributed by atoms with Gasteiger partial charge in [0.05, 0.1) is 6.61 Å². The van der Waals surface area contributed by atoms with Crippen LogP contribution in [0.2, 0.25) is 0 Å². The predicted octanol–water partition coefficient (Wildman–Crippen LogP) is 2.63. The van der Waals surface area contributed by atoms with Gasteiger partial charge in [0.1, 0.15) is 0 Å². The second-order valence-corrected chi connectivity index (χ2v) is 2.58. The van der Waals surface area contributed by atoms with Crippen molar-refractivity contribution in [3.05, 3.63) is 0 Å². The molecule has 0 bridgehead atoms. The van der Waals surface area contributed by atoms with E-state index >= 15 is 0 Å². The normalized spacial score (nSPS) is 12.3. The monoisotopic (exact) mass is 219 g/mol. The average molecular weight is 220 g/mol. The third-order valence-corrected chi connectivity index (χ3v) is 1.78. The maximum atomic E-state index is 10.4. The quantitative estimate of drug-likeness (QED) is 0.679. The fourth-order valence-electron chi connectivity index (χ4n) is 0.898. The fraction of sp³-hybridized carbons (Fsp3) is 1.00. The summed E-state index contributed by atoms with van der Waals surface area (Å²) in [6.07, 6.45) is 4.64. The Labute approximate surface area is 83.3 Å². The Hall–Kier alpha value is 0.843. The second kappa shape index (κ2) is 9.84. The SMILES string of the molecule is CCCCC(CC)C[O].[Zr]. The molecule has 0 aliphatic rings. The smallest absolute Gasteiger partial charge is 0.0850 e. The Morgan fingerprint density at radius 3 is 2.20 bits per heavy atom. The summed E-state index contributed by atoms with van der Waals surface area (Å²) in [5.74, 6) is 0.449. The van der Waals surface area contributed by atoms with Crippen LogP contribution in [0.3, 0.4) is 0 Å². The van der Waals surface area contributed by atoms with Crippen molar-refractivity contribution >= 4 is 0 Å². The van der Waals surface area contributed by atoms with Gasteiger partial charge in [-0.15, -0.1) is 0 Å². The van der Waals surface area contributed by atoms with E-state index in [9.17, 15) is 5.11 Å². The third-order valence-electron chi connectivity index (χ3n) is 1.78. The summed E-state index contributed by atoms with van der Waals surface area (Å²) >= 11 is 0. The molecular formula is C8H17OZr. The van der Waals surface area contributed by atoms with Gasteiger partial charge in [0.2, 0.25) is 0 Å². The Morgan fingerprint density at radius 2 is 1.90 bits per heavy atom. The Bertz CT molecular complexity index is 53.2. The maximum Gasteiger partial charge on any atom is 0.0850 e. The molecule has 1 radical (unpaired) electrons. The first-order valence-corrected chi connectivity index (χ1v) is 3.93. The van der Waals surface area contributed by atoms with Crippen molar-refractivity contribution < 1.29 is 31.3 Å². The Balaban J connectivity index is 0. The molecule has 0 saturated carbocycles. The van der Waals surface area contributed by atoms with Crippen LogP contribution in [0.5, 0.6) is 0 Å². The van der Waals surface area contributed by atoms with Crippen LogP contribution in [0.15, 0.2) is 0 Å². The first kappa shape index (κ1) is 13.4. The molecule has 1 unspecified atom stereocenters. The van der Waals surface area contributed by atoms with Crippen molar-refractivity contribution in [1.82, 2.24) is 0 Å². The van der Waals surface area contributed by atoms with Gasteiger partial charge in [-0.05, 0) is 12.3 Å². The summed E-state index contributed by atoms with van der Waals surface area (Å²) in [5.41, 5.74) is 0. The molecule has 1 atom stereocenters. The molecule has 1 nitrogen and oxygen atoms in total. The molecule has 0 aromatic rings. The largest absolute Gasteiger partial charge is 0.236 e. The van der Waals surface area contributed by atoms with Gasteiger partial charge >= 0.3 is 0 Å². The van der Waals surface area contributed by atoms with Crippen LogP contribution in [-0.4, -0.2) is 6.61 Å². The number of hydrogen-bond acceptors (Lipinski definition) is 0. The van der Waals surface area contributed by atoms with Crippen molar-refractivity contribution in [2.24, 2.45) is 5.92 Å². The van der Waals surface area contributed by atoms with Gasteiger partial charge in [-0.3, -0.25) is 0 Å². The maximum absolute atomic E-state index is 10.4. The second-order valence-electron chi connectivity index (χ2n) is 2.58. The van der Waals surface area contributed by atoms with E-state index in [1.807, 2.05) is 0 Å². The van der Waals surface area contributed by atoms with E-state index in [1.165, 1.54) is 12.8 Å². The summed E-state index contributed by atoms with van der Waals surface area (Å²) in [6, 6.07) is 0. The van der Waals surface area contributed by atoms with Crippen molar-refractivity contribution in [2.75, 3.05) is 6.61 Å². The van der Waals surface area contributed by atoms with Gasteiger partial charge in [0, 0.05) is 26.2 Å². The van der Waals surface area contributed by atoms with Gasteiger partial charge in [0.25, 0.3) is 0 Å². The first-order chi connectivity index (χ1) is 4.35. The number of unbranched alkanes of at least 4 members (excludes halogenated alkanes) is 1. The fourth-order valence-corrected chi connectivity index (χ4v) is 0.898. The Morgan fingerprint density at radius 1 is 1.30 bits per heavy atom. The van der Waals surface area contributed by atoms with Crippen molar-refractivity contribution in [1.29, 1.82) is 0 Å². The van der Waals surface area contributed by atoms with Gasteiger partial charge in [-0.2, -0.15) is 0 Å². The molecule has 10 heavy (non-hydrogen) atoms. The predicted molar refractivity (Wildman–Crippen MR) is 38.9 cm³/mol. The summed E-state index contributed by atoms with van der Waals surface area (Å²) in [6.45, 7) is 4.38. The van der Waals surface area contributed by atoms with Crippen LogP contribution < -0.4 is 0 Å². The molecule has 0 aliphatic carbocycles. The molecular weight excluding hydrogens is 203 g/mol. The van der Waals surface area contributed by atoms with E-state index in [0.717, 1.165) is 12.8 Å². The van der Waals surface area contributed by atoms with Crippen LogP contribution in [0, 0.1) is 5.92 Å². The molecule has 0 saturated heterocycles. The molecule has 0 aliphatic heterocycles. The third kappa shape index (κ3) is 6.96. The standard InChI is InChI=1S/C8H17O.Zr/c1-3-5-6-8(4-2)7-9;/h8H,3-7H2,1-2H3;. The van der Waals surface area contributed by atoms with E-state index in [1.54, 1.807) is 0 Å². The minimum Gasteiger partial charge on any atom is -0.236 e. The molecule has 0 rings (SSSR count). The van der Waals surface area contributed by atoms with Gasteiger partial charge in [-0.1, -0.05) is 33.1 Å². The minimum absolute atomic E-state index is 0. The molecule has 0 aromatic carbocycles. The molecule has 2 heteroatoms. The Kier molecular flexibility index (Phi) is 13.2. The molecule has 59 valence electrons. The van der Waals surface area contributed by atoms with E-state index in [-0.39, 0.29) is 32.8 Å². The van der Waals surface area contributed by atoms with E-state index in [0.29, 0.717) is 5.92 Å². The molecule has 0 fully saturated rings. The molecule has 0 amide bonds. The molecule has 0 N–H and O–H groups in total. The van der Waals surface area contributed by atoms with E-state index < -0.39 is 0 Å². The summed E-state index contributed by atoms with van der Waals surface area (Å²) in [7, 11) is 0. The number of rotatable bonds is 5. The minimum atomic E-state index is 0. The summed E-state index contributed by atoms with van der Waals surface area (Å²) < 4.78 is 0. The van der Waals surface area contributed by atoms with Crippen LogP contribution in [0.25, 0.3) is 0 Å². The summed E-state index contributed by atoms with van der Waals surface area (Å²) in [5, 5.41) is 10.4. The molecule has 0 aromatic heterocycles. The number of hydrogen-bond donors (Lipinski definition) is 0. The van der Waals surface area contributed by atoms with Crippen LogP contribution in [0.1, 0.15) is 39.5 Å². The summed E-state index contributed by atoms with van der Waals surface area (Å²) in [4.78, 5) is 0. The average Bonchev–Trinajstić information content (AvgIpc) is 1.91. The van der Waals surface area contributed by atoms with Crippen molar-refractivity contribution in [3.63, 3.8) is 0 Å². The zero-order valence-electron chi connectivity index (χ0n) is 7.02. The van der Waals surface area contributed by atoms with Crippen molar-refractivity contribution in [2.45, 2.75) is 39.5 Å².